The number of ether oxygens (including phenoxy) is 1. The van der Waals surface area contributed by atoms with Crippen molar-refractivity contribution in [1.29, 1.82) is 0 Å². The number of hydrogen-bond acceptors (Lipinski definition) is 4. The van der Waals surface area contributed by atoms with Crippen molar-refractivity contribution >= 4 is 6.08 Å². The van der Waals surface area contributed by atoms with Crippen molar-refractivity contribution in [2.75, 3.05) is 6.61 Å². The molecule has 0 fully saturated rings. The second kappa shape index (κ2) is 11.4. The zero-order chi connectivity index (χ0) is 19.5. The molecule has 0 aliphatic carbocycles. The van der Waals surface area contributed by atoms with E-state index in [9.17, 15) is 4.39 Å². The number of unbranched alkanes of at least 4 members (excludes halogenated alkanes) is 3. The number of allylic oxidation sites excluding steroid dienone is 1. The monoisotopic (exact) mass is 372 g/mol. The van der Waals surface area contributed by atoms with Crippen molar-refractivity contribution < 1.29 is 14.2 Å². The largest absolute Gasteiger partial charge is 0.479 e. The maximum atomic E-state index is 14.3. The summed E-state index contributed by atoms with van der Waals surface area (Å²) < 4.78 is 20.1. The van der Waals surface area contributed by atoms with E-state index in [4.69, 9.17) is 9.84 Å². The highest BCUT2D eigenvalue weighted by molar-refractivity contribution is 5.65. The van der Waals surface area contributed by atoms with Crippen LogP contribution in [-0.2, 0) is 4.74 Å². The summed E-state index contributed by atoms with van der Waals surface area (Å²) in [5.74, 6) is -0.333. The first-order chi connectivity index (χ1) is 13.1. The van der Waals surface area contributed by atoms with Crippen LogP contribution in [0.4, 0.5) is 4.39 Å². The Morgan fingerprint density at radius 1 is 1.19 bits per heavy atom. The van der Waals surface area contributed by atoms with Gasteiger partial charge in [0.25, 0.3) is 0 Å². The molecule has 1 atom stereocenters. The molecule has 0 aliphatic heterocycles. The Bertz CT molecular complexity index is 717. The van der Waals surface area contributed by atoms with E-state index in [0.717, 1.165) is 37.9 Å². The minimum atomic E-state index is -0.333. The van der Waals surface area contributed by atoms with Gasteiger partial charge in [-0.25, -0.2) is 14.4 Å². The minimum Gasteiger partial charge on any atom is -0.479 e. The summed E-state index contributed by atoms with van der Waals surface area (Å²) in [6.07, 6.45) is 13.7. The van der Waals surface area contributed by atoms with Gasteiger partial charge >= 0.3 is 6.01 Å². The zero-order valence-corrected chi connectivity index (χ0v) is 16.2. The third-order valence-electron chi connectivity index (χ3n) is 4.38. The molecule has 0 bridgehead atoms. The van der Waals surface area contributed by atoms with Crippen molar-refractivity contribution in [2.45, 2.75) is 58.5 Å². The topological polar surface area (TPSA) is 55.2 Å². The fourth-order valence-corrected chi connectivity index (χ4v) is 2.79. The summed E-state index contributed by atoms with van der Waals surface area (Å²) in [4.78, 5) is 7.37. The summed E-state index contributed by atoms with van der Waals surface area (Å²) in [6.45, 7) is 5.16. The zero-order valence-electron chi connectivity index (χ0n) is 16.2. The van der Waals surface area contributed by atoms with Gasteiger partial charge in [-0.05, 0) is 44.2 Å². The standard InChI is InChI=1S/C22H29FN2O2/c1-3-4-8-13-27-17(2)9-6-5-7-10-18-11-12-20(21(23)14-18)19-15-24-22(26)25-16-19/h7,10-12,14-17H,3-6,8-9,13H2,1-2H3,(H,24,25,26). The average molecular weight is 372 g/mol. The van der Waals surface area contributed by atoms with Crippen LogP contribution >= 0.6 is 0 Å². The SMILES string of the molecule is CCCCCOC(C)CCCC=Cc1ccc(-c2cnc(O)nc2)c(F)c1. The van der Waals surface area contributed by atoms with Crippen LogP contribution in [0.2, 0.25) is 0 Å². The quantitative estimate of drug-likeness (QED) is 0.509. The van der Waals surface area contributed by atoms with E-state index < -0.39 is 0 Å². The van der Waals surface area contributed by atoms with Gasteiger partial charge in [-0.2, -0.15) is 0 Å². The third-order valence-corrected chi connectivity index (χ3v) is 4.38. The van der Waals surface area contributed by atoms with Crippen LogP contribution in [0.5, 0.6) is 6.01 Å². The van der Waals surface area contributed by atoms with Crippen molar-refractivity contribution in [2.24, 2.45) is 0 Å². The van der Waals surface area contributed by atoms with Crippen LogP contribution in [0.25, 0.3) is 17.2 Å². The van der Waals surface area contributed by atoms with Gasteiger partial charge in [0.1, 0.15) is 5.82 Å². The van der Waals surface area contributed by atoms with Gasteiger partial charge in [0.05, 0.1) is 6.10 Å². The number of nitrogens with zero attached hydrogens (tertiary/aromatic N) is 2. The first-order valence-electron chi connectivity index (χ1n) is 9.69. The number of halogens is 1. The normalized spacial score (nSPS) is 12.6. The van der Waals surface area contributed by atoms with Gasteiger partial charge < -0.3 is 9.84 Å². The predicted octanol–water partition coefficient (Wildman–Crippen LogP) is 5.77. The minimum absolute atomic E-state index is 0.291. The van der Waals surface area contributed by atoms with E-state index in [1.807, 2.05) is 12.1 Å². The molecule has 146 valence electrons. The molecule has 0 saturated carbocycles. The number of aromatic nitrogens is 2. The molecule has 0 saturated heterocycles. The average Bonchev–Trinajstić information content (AvgIpc) is 2.66. The number of hydrogen-bond donors (Lipinski definition) is 1. The Kier molecular flexibility index (Phi) is 8.92. The molecule has 1 unspecified atom stereocenters. The lowest BCUT2D eigenvalue weighted by molar-refractivity contribution is 0.0566. The van der Waals surface area contributed by atoms with E-state index in [-0.39, 0.29) is 11.8 Å². The molecule has 1 aromatic heterocycles. The van der Waals surface area contributed by atoms with E-state index in [1.165, 1.54) is 31.3 Å². The molecular formula is C22H29FN2O2. The molecule has 0 radical (unpaired) electrons. The molecule has 0 aliphatic rings. The van der Waals surface area contributed by atoms with Crippen molar-refractivity contribution in [3.8, 4) is 17.1 Å². The number of rotatable bonds is 11. The molecule has 0 amide bonds. The Balaban J connectivity index is 1.77. The van der Waals surface area contributed by atoms with Crippen LogP contribution in [0.15, 0.2) is 36.7 Å². The van der Waals surface area contributed by atoms with Crippen LogP contribution in [0, 0.1) is 5.82 Å². The van der Waals surface area contributed by atoms with Crippen molar-refractivity contribution in [1.82, 2.24) is 9.97 Å². The van der Waals surface area contributed by atoms with Gasteiger partial charge in [-0.15, -0.1) is 0 Å². The predicted molar refractivity (Wildman–Crippen MR) is 107 cm³/mol. The van der Waals surface area contributed by atoms with Crippen molar-refractivity contribution in [3.05, 3.63) is 48.0 Å². The van der Waals surface area contributed by atoms with Crippen LogP contribution in [0.3, 0.4) is 0 Å². The van der Waals surface area contributed by atoms with Crippen LogP contribution < -0.4 is 0 Å². The number of aromatic hydroxyl groups is 1. The van der Waals surface area contributed by atoms with Gasteiger partial charge in [0, 0.05) is 30.1 Å². The van der Waals surface area contributed by atoms with Crippen LogP contribution in [-0.4, -0.2) is 27.8 Å². The molecule has 1 heterocycles. The fraction of sp³-hybridized carbons (Fsp3) is 0.455. The molecule has 5 heteroatoms. The summed E-state index contributed by atoms with van der Waals surface area (Å²) in [7, 11) is 0. The molecule has 1 N–H and O–H groups in total. The summed E-state index contributed by atoms with van der Waals surface area (Å²) in [6, 6.07) is 4.75. The molecule has 1 aromatic carbocycles. The smallest absolute Gasteiger partial charge is 0.313 e. The lowest BCUT2D eigenvalue weighted by Crippen LogP contribution is -2.08. The van der Waals surface area contributed by atoms with E-state index in [0.29, 0.717) is 17.2 Å². The highest BCUT2D eigenvalue weighted by Crippen LogP contribution is 2.23. The summed E-state index contributed by atoms with van der Waals surface area (Å²) in [5.41, 5.74) is 1.77. The highest BCUT2D eigenvalue weighted by atomic mass is 19.1. The lowest BCUT2D eigenvalue weighted by atomic mass is 10.1. The maximum absolute atomic E-state index is 14.3. The maximum Gasteiger partial charge on any atom is 0.313 e. The second-order valence-electron chi connectivity index (χ2n) is 6.73. The Labute approximate surface area is 161 Å². The molecular weight excluding hydrogens is 343 g/mol. The molecule has 2 rings (SSSR count). The molecule has 0 spiro atoms. The first kappa shape index (κ1) is 21.0. The Hall–Kier alpha value is -2.27. The van der Waals surface area contributed by atoms with Gasteiger partial charge in [-0.1, -0.05) is 44.1 Å². The van der Waals surface area contributed by atoms with E-state index in [1.54, 1.807) is 6.07 Å². The first-order valence-corrected chi connectivity index (χ1v) is 9.69. The highest BCUT2D eigenvalue weighted by Gasteiger charge is 2.07. The van der Waals surface area contributed by atoms with E-state index in [2.05, 4.69) is 29.9 Å². The molecule has 4 nitrogen and oxygen atoms in total. The third kappa shape index (κ3) is 7.47. The summed E-state index contributed by atoms with van der Waals surface area (Å²) in [5, 5.41) is 9.12. The fourth-order valence-electron chi connectivity index (χ4n) is 2.79. The Morgan fingerprint density at radius 2 is 1.96 bits per heavy atom. The number of benzene rings is 1. The van der Waals surface area contributed by atoms with E-state index >= 15 is 0 Å². The lowest BCUT2D eigenvalue weighted by Gasteiger charge is -2.12. The molecule has 27 heavy (non-hydrogen) atoms. The Morgan fingerprint density at radius 3 is 2.67 bits per heavy atom. The van der Waals surface area contributed by atoms with Gasteiger partial charge in [0.15, 0.2) is 0 Å². The summed E-state index contributed by atoms with van der Waals surface area (Å²) >= 11 is 0. The van der Waals surface area contributed by atoms with Crippen molar-refractivity contribution in [3.63, 3.8) is 0 Å². The van der Waals surface area contributed by atoms with Gasteiger partial charge in [0.2, 0.25) is 0 Å². The van der Waals surface area contributed by atoms with Gasteiger partial charge in [-0.3, -0.25) is 0 Å². The molecule has 2 aromatic rings. The van der Waals surface area contributed by atoms with Crippen LogP contribution in [0.1, 0.15) is 57.9 Å². The second-order valence-corrected chi connectivity index (χ2v) is 6.73.